The van der Waals surface area contributed by atoms with Crippen LogP contribution in [0, 0.1) is 22.5 Å². The monoisotopic (exact) mass is 669 g/mol. The molecule has 0 spiro atoms. The largest absolute Gasteiger partial charge is 0.445 e. The van der Waals surface area contributed by atoms with Crippen molar-refractivity contribution < 1.29 is 18.8 Å². The molecular weight excluding hydrogens is 637 g/mol. The van der Waals surface area contributed by atoms with E-state index < -0.39 is 6.09 Å². The number of rotatable bonds is 7. The maximum absolute atomic E-state index is 12.7. The number of carbonyl (C=O) groups excluding carboxylic acids is 1. The first kappa shape index (κ1) is 26.6. The van der Waals surface area contributed by atoms with Crippen LogP contribution in [0.3, 0.4) is 0 Å². The predicted molar refractivity (Wildman–Crippen MR) is 158 cm³/mol. The van der Waals surface area contributed by atoms with Crippen LogP contribution in [0.4, 0.5) is 10.6 Å². The van der Waals surface area contributed by atoms with Gasteiger partial charge in [0.1, 0.15) is 23.7 Å². The van der Waals surface area contributed by atoms with Gasteiger partial charge in [-0.15, -0.1) is 0 Å². The van der Waals surface area contributed by atoms with E-state index in [0.29, 0.717) is 12.5 Å². The van der Waals surface area contributed by atoms with Crippen LogP contribution in [0.25, 0.3) is 11.2 Å². The number of hydrogen-bond donors (Lipinski definition) is 1. The summed E-state index contributed by atoms with van der Waals surface area (Å²) in [5.74, 6) is 2.24. The zero-order valence-corrected chi connectivity index (χ0v) is 25.0. The summed E-state index contributed by atoms with van der Waals surface area (Å²) in [5.41, 5.74) is 3.08. The maximum Gasteiger partial charge on any atom is 0.407 e. The van der Waals surface area contributed by atoms with Crippen molar-refractivity contribution in [1.82, 2.24) is 30.2 Å². The topological polar surface area (TPSA) is 120 Å². The first-order valence-electron chi connectivity index (χ1n) is 14.2. The molecule has 0 bridgehead atoms. The van der Waals surface area contributed by atoms with Crippen LogP contribution in [-0.2, 0) is 21.5 Å². The van der Waals surface area contributed by atoms with Gasteiger partial charge in [-0.25, -0.2) is 19.4 Å². The van der Waals surface area contributed by atoms with E-state index in [1.165, 1.54) is 0 Å². The molecule has 1 aromatic carbocycles. The van der Waals surface area contributed by atoms with E-state index in [2.05, 4.69) is 38.0 Å². The molecule has 12 heteroatoms. The van der Waals surface area contributed by atoms with Crippen LogP contribution in [0.5, 0.6) is 0 Å². The maximum atomic E-state index is 12.7. The van der Waals surface area contributed by atoms with E-state index in [1.54, 1.807) is 0 Å². The van der Waals surface area contributed by atoms with E-state index in [-0.39, 0.29) is 24.2 Å². The van der Waals surface area contributed by atoms with Crippen molar-refractivity contribution >= 4 is 45.7 Å². The number of nitrogens with zero attached hydrogens (tertiary/aromatic N) is 6. The second kappa shape index (κ2) is 10.9. The van der Waals surface area contributed by atoms with Gasteiger partial charge in [0.25, 0.3) is 0 Å². The standard InChI is InChI=1S/C29H32IN7O4/c1-18-13-22(35-41-18)29(17-32-28(38)40-16-19-7-3-2-4-8-19)20-10-11-36(15-21(20)29)23-14-31-25-26(30)34-37(27(25)33-23)24-9-5-6-12-39-24/h2-4,7-8,13-14,20-21,24H,5-6,9-12,15-17H2,1H3,(H,32,38). The van der Waals surface area contributed by atoms with Crippen molar-refractivity contribution in [2.45, 2.75) is 50.9 Å². The molecule has 4 unspecified atom stereocenters. The van der Waals surface area contributed by atoms with Crippen molar-refractivity contribution in [3.63, 3.8) is 0 Å². The van der Waals surface area contributed by atoms with Crippen LogP contribution in [0.15, 0.2) is 47.1 Å². The molecule has 3 aliphatic rings. The van der Waals surface area contributed by atoms with Crippen molar-refractivity contribution in [1.29, 1.82) is 0 Å². The van der Waals surface area contributed by atoms with Gasteiger partial charge in [0.05, 0.1) is 11.9 Å². The normalized spacial score (nSPS) is 25.6. The Balaban J connectivity index is 1.09. The van der Waals surface area contributed by atoms with Crippen LogP contribution >= 0.6 is 22.6 Å². The highest BCUT2D eigenvalue weighted by molar-refractivity contribution is 14.1. The summed E-state index contributed by atoms with van der Waals surface area (Å²) in [5, 5.41) is 12.2. The molecule has 1 saturated carbocycles. The second-order valence-electron chi connectivity index (χ2n) is 11.2. The Bertz CT molecular complexity index is 1550. The molecule has 41 heavy (non-hydrogen) atoms. The quantitative estimate of drug-likeness (QED) is 0.278. The molecule has 1 N–H and O–H groups in total. The number of nitrogens with one attached hydrogen (secondary N) is 1. The predicted octanol–water partition coefficient (Wildman–Crippen LogP) is 4.75. The Morgan fingerprint density at radius 1 is 1.22 bits per heavy atom. The molecule has 7 rings (SSSR count). The van der Waals surface area contributed by atoms with Crippen LogP contribution in [-0.4, -0.2) is 57.2 Å². The van der Waals surface area contributed by atoms with Crippen LogP contribution in [0.1, 0.15) is 48.9 Å². The molecule has 2 aliphatic heterocycles. The molecule has 3 aromatic heterocycles. The Kier molecular flexibility index (Phi) is 7.05. The summed E-state index contributed by atoms with van der Waals surface area (Å²) >= 11 is 2.22. The highest BCUT2D eigenvalue weighted by Gasteiger charge is 2.68. The van der Waals surface area contributed by atoms with Gasteiger partial charge in [-0.1, -0.05) is 35.5 Å². The van der Waals surface area contributed by atoms with Gasteiger partial charge in [-0.2, -0.15) is 5.10 Å². The fourth-order valence-corrected chi connectivity index (χ4v) is 7.24. The number of aromatic nitrogens is 5. The number of halogens is 1. The van der Waals surface area contributed by atoms with Gasteiger partial charge in [-0.05, 0) is 72.6 Å². The molecule has 0 radical (unpaired) electrons. The highest BCUT2D eigenvalue weighted by Crippen LogP contribution is 2.63. The third-order valence-electron chi connectivity index (χ3n) is 8.77. The number of amides is 1. The van der Waals surface area contributed by atoms with Gasteiger partial charge in [-0.3, -0.25) is 0 Å². The molecule has 1 aliphatic carbocycles. The number of ether oxygens (including phenoxy) is 2. The van der Waals surface area contributed by atoms with E-state index in [1.807, 2.05) is 54.2 Å². The van der Waals surface area contributed by atoms with Gasteiger partial charge in [0.15, 0.2) is 15.6 Å². The first-order chi connectivity index (χ1) is 20.0. The van der Waals surface area contributed by atoms with Gasteiger partial charge in [0.2, 0.25) is 0 Å². The number of hydrogen-bond acceptors (Lipinski definition) is 9. The van der Waals surface area contributed by atoms with E-state index >= 15 is 0 Å². The average Bonchev–Trinajstić information content (AvgIpc) is 3.23. The molecule has 4 aromatic rings. The SMILES string of the molecule is Cc1cc(C2(CNC(=O)OCc3ccccc3)C3CCN(c4cnc5c(I)nn(C6CCCCO6)c5n4)CC32)no1. The van der Waals surface area contributed by atoms with Crippen molar-refractivity contribution in [3.8, 4) is 0 Å². The Hall–Kier alpha value is -3.26. The zero-order valence-electron chi connectivity index (χ0n) is 22.8. The summed E-state index contributed by atoms with van der Waals surface area (Å²) < 4.78 is 19.7. The fraction of sp³-hybridized carbons (Fsp3) is 0.483. The molecule has 1 amide bonds. The minimum Gasteiger partial charge on any atom is -0.445 e. The number of piperidine rings is 1. The van der Waals surface area contributed by atoms with Gasteiger partial charge >= 0.3 is 6.09 Å². The first-order valence-corrected chi connectivity index (χ1v) is 15.3. The molecule has 11 nitrogen and oxygen atoms in total. The molecule has 2 saturated heterocycles. The minimum atomic E-state index is -0.432. The lowest BCUT2D eigenvalue weighted by atomic mass is 9.96. The van der Waals surface area contributed by atoms with Crippen molar-refractivity contribution in [2.75, 3.05) is 31.1 Å². The molecule has 214 valence electrons. The summed E-state index contributed by atoms with van der Waals surface area (Å²) in [6.07, 6.45) is 5.37. The number of benzene rings is 1. The Labute approximate surface area is 251 Å². The summed E-state index contributed by atoms with van der Waals surface area (Å²) in [4.78, 5) is 24.8. The number of carbonyl (C=O) groups is 1. The van der Waals surface area contributed by atoms with Crippen LogP contribution in [0.2, 0.25) is 0 Å². The zero-order chi connectivity index (χ0) is 28.0. The summed E-state index contributed by atoms with van der Waals surface area (Å²) in [7, 11) is 0. The highest BCUT2D eigenvalue weighted by atomic mass is 127. The van der Waals surface area contributed by atoms with Gasteiger partial charge < -0.3 is 24.2 Å². The smallest absolute Gasteiger partial charge is 0.407 e. The number of aryl methyl sites for hydroxylation is 1. The molecular formula is C29H32IN7O4. The second-order valence-corrected chi connectivity index (χ2v) is 12.2. The summed E-state index contributed by atoms with van der Waals surface area (Å²) in [6.45, 7) is 4.92. The number of anilines is 1. The van der Waals surface area contributed by atoms with Gasteiger partial charge in [0, 0.05) is 37.7 Å². The van der Waals surface area contributed by atoms with E-state index in [0.717, 1.165) is 83.1 Å². The molecule has 5 heterocycles. The molecule has 4 atom stereocenters. The van der Waals surface area contributed by atoms with Crippen LogP contribution < -0.4 is 10.2 Å². The summed E-state index contributed by atoms with van der Waals surface area (Å²) in [6, 6.07) is 11.7. The third-order valence-corrected chi connectivity index (χ3v) is 9.50. The fourth-order valence-electron chi connectivity index (χ4n) is 6.63. The van der Waals surface area contributed by atoms with Crippen molar-refractivity contribution in [2.24, 2.45) is 11.8 Å². The van der Waals surface area contributed by atoms with E-state index in [4.69, 9.17) is 29.1 Å². The number of fused-ring (bicyclic) bond motifs is 2. The Morgan fingerprint density at radius 2 is 2.10 bits per heavy atom. The van der Waals surface area contributed by atoms with Crippen molar-refractivity contribution in [3.05, 3.63) is 63.3 Å². The average molecular weight is 670 g/mol. The Morgan fingerprint density at radius 3 is 2.88 bits per heavy atom. The lowest BCUT2D eigenvalue weighted by molar-refractivity contribution is -0.0372. The third kappa shape index (κ3) is 4.94. The minimum absolute atomic E-state index is 0.107. The number of alkyl carbamates (subject to hydrolysis) is 1. The molecule has 3 fully saturated rings. The van der Waals surface area contributed by atoms with E-state index in [9.17, 15) is 4.79 Å². The lowest BCUT2D eigenvalue weighted by Gasteiger charge is -2.27. The lowest BCUT2D eigenvalue weighted by Crippen LogP contribution is -2.36.